The van der Waals surface area contributed by atoms with Gasteiger partial charge in [-0.3, -0.25) is 4.79 Å². The number of hydrogen-bond acceptors (Lipinski definition) is 3. The minimum atomic E-state index is -0.0688. The number of rotatable bonds is 5. The van der Waals surface area contributed by atoms with Crippen molar-refractivity contribution in [1.29, 1.82) is 0 Å². The fourth-order valence-corrected chi connectivity index (χ4v) is 3.81. The second-order valence-electron chi connectivity index (χ2n) is 6.92. The Bertz CT molecular complexity index is 733. The Balaban J connectivity index is 1.41. The summed E-state index contributed by atoms with van der Waals surface area (Å²) in [5.74, 6) is 1.55. The molecule has 2 aromatic rings. The lowest BCUT2D eigenvalue weighted by atomic mass is 9.90. The number of fused-ring (bicyclic) bond motifs is 1. The highest BCUT2D eigenvalue weighted by Gasteiger charge is 2.51. The minimum Gasteiger partial charge on any atom is -0.494 e. The first-order valence-corrected chi connectivity index (χ1v) is 8.39. The molecule has 1 atom stereocenters. The van der Waals surface area contributed by atoms with Crippen LogP contribution in [0.25, 0.3) is 10.9 Å². The van der Waals surface area contributed by atoms with E-state index in [1.165, 1.54) is 26.3 Å². The van der Waals surface area contributed by atoms with Gasteiger partial charge in [-0.05, 0) is 55.3 Å². The topological polar surface area (TPSA) is 66.2 Å². The third kappa shape index (κ3) is 2.81. The third-order valence-corrected chi connectivity index (χ3v) is 5.33. The quantitative estimate of drug-likeness (QED) is 0.795. The summed E-state index contributed by atoms with van der Waals surface area (Å²) in [6.07, 6.45) is 5.67. The number of aromatic nitrogens is 1. The first-order chi connectivity index (χ1) is 11.2. The van der Waals surface area contributed by atoms with Crippen molar-refractivity contribution in [2.24, 2.45) is 11.3 Å². The smallest absolute Gasteiger partial charge is 0.221 e. The molecule has 5 heteroatoms. The van der Waals surface area contributed by atoms with E-state index in [2.05, 4.69) is 15.6 Å². The lowest BCUT2D eigenvalue weighted by Gasteiger charge is -2.17. The first-order valence-electron chi connectivity index (χ1n) is 8.39. The molecule has 1 unspecified atom stereocenters. The van der Waals surface area contributed by atoms with Gasteiger partial charge in [0, 0.05) is 30.6 Å². The highest BCUT2D eigenvalue weighted by atomic mass is 16.5. The number of amides is 1. The Morgan fingerprint density at radius 2 is 2.30 bits per heavy atom. The molecule has 1 spiro atoms. The Morgan fingerprint density at radius 3 is 3.09 bits per heavy atom. The van der Waals surface area contributed by atoms with Crippen molar-refractivity contribution in [2.75, 3.05) is 25.0 Å². The minimum absolute atomic E-state index is 0.0688. The number of anilines is 1. The summed E-state index contributed by atoms with van der Waals surface area (Å²) in [6.45, 7) is 4.59. The lowest BCUT2D eigenvalue weighted by Crippen LogP contribution is -2.16. The highest BCUT2D eigenvalue weighted by molar-refractivity contribution is 6.01. The number of hydrogen-bond donors (Lipinski definition) is 3. The summed E-state index contributed by atoms with van der Waals surface area (Å²) in [5.41, 5.74) is 2.39. The molecular formula is C18H23N3O2. The molecular weight excluding hydrogens is 290 g/mol. The van der Waals surface area contributed by atoms with Crippen LogP contribution in [0.5, 0.6) is 5.75 Å². The van der Waals surface area contributed by atoms with Gasteiger partial charge in [0.25, 0.3) is 0 Å². The number of carbonyl (C=O) groups excluding carboxylic acids is 1. The maximum Gasteiger partial charge on any atom is 0.221 e. The maximum absolute atomic E-state index is 11.3. The monoisotopic (exact) mass is 313 g/mol. The largest absolute Gasteiger partial charge is 0.494 e. The van der Waals surface area contributed by atoms with Crippen LogP contribution in [-0.4, -0.2) is 30.6 Å². The molecule has 0 bridgehead atoms. The molecule has 1 saturated heterocycles. The lowest BCUT2D eigenvalue weighted by molar-refractivity contribution is -0.114. The van der Waals surface area contributed by atoms with Crippen molar-refractivity contribution in [2.45, 2.75) is 26.2 Å². The Kier molecular flexibility index (Phi) is 3.53. The van der Waals surface area contributed by atoms with Crippen LogP contribution in [0.1, 0.15) is 26.2 Å². The van der Waals surface area contributed by atoms with Gasteiger partial charge in [0.05, 0.1) is 12.3 Å². The molecule has 1 aliphatic heterocycles. The van der Waals surface area contributed by atoms with E-state index in [1.807, 2.05) is 24.4 Å². The molecule has 2 fully saturated rings. The second-order valence-corrected chi connectivity index (χ2v) is 6.92. The van der Waals surface area contributed by atoms with Crippen LogP contribution < -0.4 is 15.4 Å². The molecule has 4 rings (SSSR count). The van der Waals surface area contributed by atoms with Gasteiger partial charge in [0.2, 0.25) is 5.91 Å². The summed E-state index contributed by atoms with van der Waals surface area (Å²) < 4.78 is 5.97. The number of H-pyrrole nitrogens is 1. The number of benzene rings is 1. The molecule has 1 amide bonds. The summed E-state index contributed by atoms with van der Waals surface area (Å²) in [7, 11) is 0. The Morgan fingerprint density at radius 1 is 1.43 bits per heavy atom. The van der Waals surface area contributed by atoms with E-state index < -0.39 is 0 Å². The predicted octanol–water partition coefficient (Wildman–Crippen LogP) is 2.89. The zero-order valence-electron chi connectivity index (χ0n) is 13.4. The molecule has 2 heterocycles. The molecule has 122 valence electrons. The van der Waals surface area contributed by atoms with E-state index in [1.54, 1.807) is 0 Å². The second kappa shape index (κ2) is 5.57. The summed E-state index contributed by atoms with van der Waals surface area (Å²) in [5, 5.41) is 7.35. The standard InChI is InChI=1S/C18H23N3O2/c1-12(22)21-17-10-20-16-3-2-14(8-15(16)17)23-7-4-13-9-19-11-18(13)5-6-18/h2-3,8,10,13,19-20H,4-7,9,11H2,1H3,(H,21,22). The van der Waals surface area contributed by atoms with E-state index >= 15 is 0 Å². The third-order valence-electron chi connectivity index (χ3n) is 5.33. The molecule has 3 N–H and O–H groups in total. The molecule has 1 aromatic carbocycles. The van der Waals surface area contributed by atoms with Gasteiger partial charge in [-0.2, -0.15) is 0 Å². The van der Waals surface area contributed by atoms with E-state index in [-0.39, 0.29) is 5.91 Å². The number of carbonyl (C=O) groups is 1. The molecule has 1 saturated carbocycles. The first kappa shape index (κ1) is 14.6. The fourth-order valence-electron chi connectivity index (χ4n) is 3.81. The zero-order chi connectivity index (χ0) is 15.9. The van der Waals surface area contributed by atoms with Crippen molar-refractivity contribution >= 4 is 22.5 Å². The van der Waals surface area contributed by atoms with Crippen LogP contribution in [-0.2, 0) is 4.79 Å². The van der Waals surface area contributed by atoms with Crippen molar-refractivity contribution in [1.82, 2.24) is 10.3 Å². The van der Waals surface area contributed by atoms with Crippen molar-refractivity contribution < 1.29 is 9.53 Å². The molecule has 5 nitrogen and oxygen atoms in total. The van der Waals surface area contributed by atoms with E-state index in [0.717, 1.165) is 47.8 Å². The molecule has 2 aliphatic rings. The van der Waals surface area contributed by atoms with Gasteiger partial charge in [-0.15, -0.1) is 0 Å². The zero-order valence-corrected chi connectivity index (χ0v) is 13.4. The van der Waals surface area contributed by atoms with Gasteiger partial charge >= 0.3 is 0 Å². The number of aromatic amines is 1. The van der Waals surface area contributed by atoms with Gasteiger partial charge in [-0.1, -0.05) is 0 Å². The van der Waals surface area contributed by atoms with Gasteiger partial charge in [0.1, 0.15) is 5.75 Å². The Hall–Kier alpha value is -2.01. The predicted molar refractivity (Wildman–Crippen MR) is 90.7 cm³/mol. The molecule has 0 radical (unpaired) electrons. The maximum atomic E-state index is 11.3. The van der Waals surface area contributed by atoms with E-state index in [4.69, 9.17) is 4.74 Å². The SMILES string of the molecule is CC(=O)Nc1c[nH]c2ccc(OCCC3CNCC34CC4)cc12. The van der Waals surface area contributed by atoms with Gasteiger partial charge < -0.3 is 20.4 Å². The van der Waals surface area contributed by atoms with E-state index in [9.17, 15) is 4.79 Å². The normalized spacial score (nSPS) is 21.7. The van der Waals surface area contributed by atoms with Crippen LogP contribution >= 0.6 is 0 Å². The summed E-state index contributed by atoms with van der Waals surface area (Å²) in [4.78, 5) is 14.4. The van der Waals surface area contributed by atoms with Crippen molar-refractivity contribution in [3.05, 3.63) is 24.4 Å². The van der Waals surface area contributed by atoms with Gasteiger partial charge in [-0.25, -0.2) is 0 Å². The molecule has 1 aliphatic carbocycles. The Labute approximate surface area is 135 Å². The molecule has 1 aromatic heterocycles. The summed E-state index contributed by atoms with van der Waals surface area (Å²) >= 11 is 0. The van der Waals surface area contributed by atoms with Crippen LogP contribution in [0, 0.1) is 11.3 Å². The average molecular weight is 313 g/mol. The van der Waals surface area contributed by atoms with Gasteiger partial charge in [0.15, 0.2) is 0 Å². The number of ether oxygens (including phenoxy) is 1. The van der Waals surface area contributed by atoms with Crippen LogP contribution in [0.15, 0.2) is 24.4 Å². The molecule has 23 heavy (non-hydrogen) atoms. The van der Waals surface area contributed by atoms with Crippen LogP contribution in [0.3, 0.4) is 0 Å². The summed E-state index contributed by atoms with van der Waals surface area (Å²) in [6, 6.07) is 5.97. The van der Waals surface area contributed by atoms with Crippen molar-refractivity contribution in [3.63, 3.8) is 0 Å². The highest BCUT2D eigenvalue weighted by Crippen LogP contribution is 2.54. The van der Waals surface area contributed by atoms with E-state index in [0.29, 0.717) is 5.41 Å². The fraction of sp³-hybridized carbons (Fsp3) is 0.500. The average Bonchev–Trinajstić information content (AvgIpc) is 3.04. The van der Waals surface area contributed by atoms with Crippen molar-refractivity contribution in [3.8, 4) is 5.75 Å². The van der Waals surface area contributed by atoms with Crippen LogP contribution in [0.4, 0.5) is 5.69 Å². The number of nitrogens with one attached hydrogen (secondary N) is 3. The van der Waals surface area contributed by atoms with Crippen LogP contribution in [0.2, 0.25) is 0 Å².